The second-order valence-corrected chi connectivity index (χ2v) is 5.28. The van der Waals surface area contributed by atoms with Gasteiger partial charge in [0, 0.05) is 10.5 Å². The molecule has 2 rings (SSSR count). The Morgan fingerprint density at radius 3 is 2.53 bits per heavy atom. The van der Waals surface area contributed by atoms with Crippen LogP contribution in [0.5, 0.6) is 0 Å². The summed E-state index contributed by atoms with van der Waals surface area (Å²) in [7, 11) is 0. The number of hydrogen-bond donors (Lipinski definition) is 1. The minimum absolute atomic E-state index is 0.385. The summed E-state index contributed by atoms with van der Waals surface area (Å²) in [6.45, 7) is 0. The van der Waals surface area contributed by atoms with Crippen LogP contribution in [-0.4, -0.2) is 11.4 Å². The van der Waals surface area contributed by atoms with Crippen molar-refractivity contribution in [3.8, 4) is 0 Å². The number of benzene rings is 2. The molecule has 2 aromatic rings. The fourth-order valence-electron chi connectivity index (χ4n) is 1.57. The summed E-state index contributed by atoms with van der Waals surface area (Å²) in [5.41, 5.74) is 4.62. The van der Waals surface area contributed by atoms with Gasteiger partial charge in [0.05, 0.1) is 10.7 Å². The van der Waals surface area contributed by atoms with Gasteiger partial charge in [0.15, 0.2) is 5.17 Å². The van der Waals surface area contributed by atoms with E-state index in [4.69, 9.17) is 23.2 Å². The summed E-state index contributed by atoms with van der Waals surface area (Å²) in [5.74, 6) is 0. The van der Waals surface area contributed by atoms with Crippen molar-refractivity contribution in [2.24, 2.45) is 5.10 Å². The molecule has 0 bridgehead atoms. The largest absolute Gasteiger partial charge is 0.277 e. The molecule has 0 saturated heterocycles. The van der Waals surface area contributed by atoms with Crippen LogP contribution in [0, 0.1) is 0 Å². The highest BCUT2D eigenvalue weighted by Gasteiger charge is 2.09. The molecule has 98 valence electrons. The fourth-order valence-corrected chi connectivity index (χ4v) is 2.87. The van der Waals surface area contributed by atoms with Gasteiger partial charge in [0.25, 0.3) is 0 Å². The molecule has 0 unspecified atom stereocenters. The molecule has 0 heterocycles. The van der Waals surface area contributed by atoms with E-state index in [0.29, 0.717) is 10.2 Å². The number of rotatable bonds is 4. The Hall–Kier alpha value is -1.16. The van der Waals surface area contributed by atoms with Gasteiger partial charge in [-0.05, 0) is 24.5 Å². The van der Waals surface area contributed by atoms with E-state index in [9.17, 15) is 0 Å². The molecular formula is C14H12Cl2N2S. The lowest BCUT2D eigenvalue weighted by atomic mass is 10.2. The van der Waals surface area contributed by atoms with Crippen LogP contribution in [0.25, 0.3) is 0 Å². The number of nitrogens with zero attached hydrogens (tertiary/aromatic N) is 1. The van der Waals surface area contributed by atoms with E-state index in [1.807, 2.05) is 54.8 Å². The van der Waals surface area contributed by atoms with Crippen molar-refractivity contribution < 1.29 is 0 Å². The Morgan fingerprint density at radius 1 is 1.11 bits per heavy atom. The zero-order valence-electron chi connectivity index (χ0n) is 10.2. The van der Waals surface area contributed by atoms with Gasteiger partial charge in [0.2, 0.25) is 0 Å². The molecule has 0 amide bonds. The molecule has 0 saturated carbocycles. The lowest BCUT2D eigenvalue weighted by molar-refractivity contribution is 1.33. The second-order valence-electron chi connectivity index (χ2n) is 3.70. The molecule has 2 nitrogen and oxygen atoms in total. The molecule has 2 aromatic carbocycles. The molecule has 0 fully saturated rings. The molecule has 0 aliphatic heterocycles. The highest BCUT2D eigenvalue weighted by atomic mass is 35.5. The van der Waals surface area contributed by atoms with Crippen molar-refractivity contribution in [3.63, 3.8) is 0 Å². The van der Waals surface area contributed by atoms with Gasteiger partial charge < -0.3 is 0 Å². The molecule has 0 aliphatic carbocycles. The zero-order chi connectivity index (χ0) is 13.7. The predicted octanol–water partition coefficient (Wildman–Crippen LogP) is 5.07. The van der Waals surface area contributed by atoms with Gasteiger partial charge in [0.1, 0.15) is 0 Å². The Kier molecular flexibility index (Phi) is 5.14. The van der Waals surface area contributed by atoms with Gasteiger partial charge in [-0.25, -0.2) is 0 Å². The smallest absolute Gasteiger partial charge is 0.157 e. The first-order valence-corrected chi connectivity index (χ1v) is 7.57. The SMILES string of the molecule is CSc1c(Cl)cccc1C(Cl)=NNc1ccccc1. The lowest BCUT2D eigenvalue weighted by Crippen LogP contribution is -1.99. The minimum atomic E-state index is 0.385. The maximum Gasteiger partial charge on any atom is 0.157 e. The van der Waals surface area contributed by atoms with Gasteiger partial charge >= 0.3 is 0 Å². The highest BCUT2D eigenvalue weighted by molar-refractivity contribution is 7.98. The molecule has 1 N–H and O–H groups in total. The Balaban J connectivity index is 2.24. The van der Waals surface area contributed by atoms with Crippen molar-refractivity contribution in [3.05, 3.63) is 59.1 Å². The maximum absolute atomic E-state index is 6.23. The van der Waals surface area contributed by atoms with Crippen LogP contribution in [0.3, 0.4) is 0 Å². The average Bonchev–Trinajstić information content (AvgIpc) is 2.45. The molecule has 5 heteroatoms. The van der Waals surface area contributed by atoms with E-state index in [2.05, 4.69) is 10.5 Å². The maximum atomic E-state index is 6.23. The number of anilines is 1. The van der Waals surface area contributed by atoms with Crippen molar-refractivity contribution in [2.75, 3.05) is 11.7 Å². The summed E-state index contributed by atoms with van der Waals surface area (Å²) >= 11 is 13.9. The standard InChI is InChI=1S/C14H12Cl2N2S/c1-19-13-11(8-5-9-12(13)15)14(16)18-17-10-6-3-2-4-7-10/h2-9,17H,1H3. The highest BCUT2D eigenvalue weighted by Crippen LogP contribution is 2.30. The molecule has 0 atom stereocenters. The van der Waals surface area contributed by atoms with E-state index in [1.54, 1.807) is 11.8 Å². The summed E-state index contributed by atoms with van der Waals surface area (Å²) in [6, 6.07) is 15.2. The van der Waals surface area contributed by atoms with Crippen LogP contribution in [-0.2, 0) is 0 Å². The zero-order valence-corrected chi connectivity index (χ0v) is 12.6. The van der Waals surface area contributed by atoms with E-state index < -0.39 is 0 Å². The van der Waals surface area contributed by atoms with Crippen LogP contribution >= 0.6 is 35.0 Å². The van der Waals surface area contributed by atoms with Crippen molar-refractivity contribution in [2.45, 2.75) is 4.90 Å². The number of thioether (sulfide) groups is 1. The number of hydrogen-bond acceptors (Lipinski definition) is 3. The third-order valence-corrected chi connectivity index (χ3v) is 4.01. The summed E-state index contributed by atoms with van der Waals surface area (Å²) in [5, 5.41) is 5.24. The quantitative estimate of drug-likeness (QED) is 0.484. The van der Waals surface area contributed by atoms with Crippen LogP contribution < -0.4 is 5.43 Å². The fraction of sp³-hybridized carbons (Fsp3) is 0.0714. The second kappa shape index (κ2) is 6.85. The third kappa shape index (κ3) is 3.66. The van der Waals surface area contributed by atoms with Crippen LogP contribution in [0.1, 0.15) is 5.56 Å². The first-order valence-electron chi connectivity index (χ1n) is 5.59. The van der Waals surface area contributed by atoms with Crippen molar-refractivity contribution in [1.82, 2.24) is 0 Å². The Labute approximate surface area is 126 Å². The van der Waals surface area contributed by atoms with Gasteiger partial charge in [-0.15, -0.1) is 11.8 Å². The van der Waals surface area contributed by atoms with E-state index >= 15 is 0 Å². The van der Waals surface area contributed by atoms with Crippen molar-refractivity contribution in [1.29, 1.82) is 0 Å². The monoisotopic (exact) mass is 310 g/mol. The lowest BCUT2D eigenvalue weighted by Gasteiger charge is -2.07. The van der Waals surface area contributed by atoms with Gasteiger partial charge in [-0.2, -0.15) is 5.10 Å². The number of halogens is 2. The minimum Gasteiger partial charge on any atom is -0.277 e. The molecule has 0 radical (unpaired) electrons. The topological polar surface area (TPSA) is 24.4 Å². The predicted molar refractivity (Wildman–Crippen MR) is 85.7 cm³/mol. The molecule has 0 aliphatic rings. The first kappa shape index (κ1) is 14.3. The number of para-hydroxylation sites is 1. The van der Waals surface area contributed by atoms with Crippen LogP contribution in [0.4, 0.5) is 5.69 Å². The summed E-state index contributed by atoms with van der Waals surface area (Å²) < 4.78 is 0. The summed E-state index contributed by atoms with van der Waals surface area (Å²) in [4.78, 5) is 0.924. The van der Waals surface area contributed by atoms with E-state index in [0.717, 1.165) is 16.1 Å². The number of hydrazone groups is 1. The Morgan fingerprint density at radius 2 is 1.84 bits per heavy atom. The third-order valence-electron chi connectivity index (χ3n) is 2.45. The molecule has 0 aromatic heterocycles. The van der Waals surface area contributed by atoms with E-state index in [1.165, 1.54) is 0 Å². The Bertz CT molecular complexity index is 585. The molecule has 0 spiro atoms. The number of nitrogens with one attached hydrogen (secondary N) is 1. The summed E-state index contributed by atoms with van der Waals surface area (Å²) in [6.07, 6.45) is 1.96. The normalized spacial score (nSPS) is 11.4. The van der Waals surface area contributed by atoms with E-state index in [-0.39, 0.29) is 0 Å². The van der Waals surface area contributed by atoms with Gasteiger partial charge in [-0.3, -0.25) is 5.43 Å². The van der Waals surface area contributed by atoms with Crippen LogP contribution in [0.2, 0.25) is 5.02 Å². The van der Waals surface area contributed by atoms with Gasteiger partial charge in [-0.1, -0.05) is 53.5 Å². The molecular weight excluding hydrogens is 299 g/mol. The van der Waals surface area contributed by atoms with Crippen LogP contribution in [0.15, 0.2) is 58.5 Å². The molecule has 19 heavy (non-hydrogen) atoms. The van der Waals surface area contributed by atoms with Crippen molar-refractivity contribution >= 4 is 45.8 Å². The first-order chi connectivity index (χ1) is 9.22. The average molecular weight is 311 g/mol.